The van der Waals surface area contributed by atoms with Crippen molar-refractivity contribution in [2.45, 2.75) is 25.4 Å². The number of anilines is 1. The zero-order valence-electron chi connectivity index (χ0n) is 14.5. The van der Waals surface area contributed by atoms with Crippen molar-refractivity contribution in [3.63, 3.8) is 0 Å². The Labute approximate surface area is 163 Å². The number of hydrogen-bond donors (Lipinski definition) is 1. The van der Waals surface area contributed by atoms with Gasteiger partial charge in [0.25, 0.3) is 11.6 Å². The van der Waals surface area contributed by atoms with E-state index in [9.17, 15) is 24.8 Å². The van der Waals surface area contributed by atoms with E-state index in [1.807, 2.05) is 6.92 Å². The van der Waals surface area contributed by atoms with E-state index in [1.165, 1.54) is 29.2 Å². The lowest BCUT2D eigenvalue weighted by atomic mass is 9.88. The average Bonchev–Trinajstić information content (AvgIpc) is 2.84. The van der Waals surface area contributed by atoms with Crippen LogP contribution >= 0.6 is 15.9 Å². The van der Waals surface area contributed by atoms with Crippen LogP contribution in [0.3, 0.4) is 0 Å². The normalized spacial score (nSPS) is 18.5. The maximum absolute atomic E-state index is 12.9. The van der Waals surface area contributed by atoms with Crippen molar-refractivity contribution < 1.29 is 19.6 Å². The molecule has 1 atom stereocenters. The van der Waals surface area contributed by atoms with Gasteiger partial charge in [0.15, 0.2) is 11.4 Å². The number of Topliss-reactive ketones (excluding diaryl/α,β-unsaturated/α-hetero) is 1. The Kier molecular flexibility index (Phi) is 5.12. The third kappa shape index (κ3) is 3.38. The molecule has 0 aliphatic carbocycles. The number of aliphatic hydroxyl groups is 1. The predicted octanol–water partition coefficient (Wildman–Crippen LogP) is 3.57. The number of fused-ring (bicyclic) bond motifs is 1. The number of carbonyl (C=O) groups is 2. The van der Waals surface area contributed by atoms with Crippen LogP contribution in [0.1, 0.15) is 35.7 Å². The molecule has 0 aromatic heterocycles. The maximum Gasteiger partial charge on any atom is 0.269 e. The third-order valence-electron chi connectivity index (χ3n) is 4.56. The lowest BCUT2D eigenvalue weighted by Crippen LogP contribution is -2.42. The summed E-state index contributed by atoms with van der Waals surface area (Å²) < 4.78 is 0.689. The molecule has 1 amide bonds. The summed E-state index contributed by atoms with van der Waals surface area (Å²) in [5, 5.41) is 21.9. The maximum atomic E-state index is 12.9. The van der Waals surface area contributed by atoms with Crippen LogP contribution in [-0.2, 0) is 10.4 Å². The van der Waals surface area contributed by atoms with Gasteiger partial charge in [0.05, 0.1) is 17.0 Å². The van der Waals surface area contributed by atoms with Crippen LogP contribution in [0.25, 0.3) is 0 Å². The zero-order chi connectivity index (χ0) is 19.8. The Morgan fingerprint density at radius 1 is 1.26 bits per heavy atom. The molecule has 1 aliphatic heterocycles. The van der Waals surface area contributed by atoms with E-state index >= 15 is 0 Å². The first-order valence-corrected chi connectivity index (χ1v) is 9.19. The van der Waals surface area contributed by atoms with Crippen molar-refractivity contribution in [2.75, 3.05) is 11.4 Å². The van der Waals surface area contributed by atoms with E-state index in [-0.39, 0.29) is 11.3 Å². The number of carbonyl (C=O) groups excluding carboxylic acids is 2. The van der Waals surface area contributed by atoms with Crippen molar-refractivity contribution >= 4 is 39.0 Å². The number of halogens is 1. The van der Waals surface area contributed by atoms with Crippen molar-refractivity contribution in [1.29, 1.82) is 0 Å². The topological polar surface area (TPSA) is 101 Å². The molecule has 1 unspecified atom stereocenters. The molecule has 140 valence electrons. The number of hydrogen-bond acceptors (Lipinski definition) is 5. The van der Waals surface area contributed by atoms with E-state index in [4.69, 9.17) is 0 Å². The molecular weight excluding hydrogens is 416 g/mol. The van der Waals surface area contributed by atoms with Gasteiger partial charge in [-0.3, -0.25) is 19.7 Å². The first-order chi connectivity index (χ1) is 12.8. The molecule has 0 radical (unpaired) electrons. The van der Waals surface area contributed by atoms with E-state index < -0.39 is 28.6 Å². The highest BCUT2D eigenvalue weighted by molar-refractivity contribution is 9.10. The number of nitrogens with zero attached hydrogens (tertiary/aromatic N) is 2. The minimum atomic E-state index is -1.97. The van der Waals surface area contributed by atoms with Gasteiger partial charge >= 0.3 is 0 Å². The highest BCUT2D eigenvalue weighted by Gasteiger charge is 2.50. The van der Waals surface area contributed by atoms with Gasteiger partial charge in [-0.25, -0.2) is 0 Å². The number of nitro benzene ring substituents is 1. The molecule has 1 heterocycles. The predicted molar refractivity (Wildman–Crippen MR) is 103 cm³/mol. The average molecular weight is 433 g/mol. The highest BCUT2D eigenvalue weighted by Crippen LogP contribution is 2.44. The molecule has 0 spiro atoms. The largest absolute Gasteiger partial charge is 0.375 e. The number of rotatable bonds is 6. The van der Waals surface area contributed by atoms with Crippen LogP contribution in [-0.4, -0.2) is 28.3 Å². The van der Waals surface area contributed by atoms with Crippen molar-refractivity contribution in [3.8, 4) is 0 Å². The number of ketones is 1. The summed E-state index contributed by atoms with van der Waals surface area (Å²) >= 11 is 3.34. The molecule has 27 heavy (non-hydrogen) atoms. The summed E-state index contributed by atoms with van der Waals surface area (Å²) in [5.74, 6) is -1.00. The Balaban J connectivity index is 1.95. The van der Waals surface area contributed by atoms with Crippen LogP contribution in [0.4, 0.5) is 11.4 Å². The highest BCUT2D eigenvalue weighted by atomic mass is 79.9. The van der Waals surface area contributed by atoms with E-state index in [2.05, 4.69) is 15.9 Å². The van der Waals surface area contributed by atoms with Crippen LogP contribution in [0.5, 0.6) is 0 Å². The van der Waals surface area contributed by atoms with Crippen LogP contribution < -0.4 is 4.90 Å². The van der Waals surface area contributed by atoms with Gasteiger partial charge in [-0.2, -0.15) is 0 Å². The van der Waals surface area contributed by atoms with Gasteiger partial charge in [0.1, 0.15) is 0 Å². The van der Waals surface area contributed by atoms with Crippen molar-refractivity contribution in [1.82, 2.24) is 0 Å². The van der Waals surface area contributed by atoms with E-state index in [1.54, 1.807) is 18.2 Å². The lowest BCUT2D eigenvalue weighted by molar-refractivity contribution is -0.384. The molecule has 0 saturated heterocycles. The Morgan fingerprint density at radius 2 is 1.93 bits per heavy atom. The molecular formula is C19H17BrN2O5. The number of nitro groups is 1. The minimum absolute atomic E-state index is 0.134. The first-order valence-electron chi connectivity index (χ1n) is 8.40. The number of amides is 1. The zero-order valence-corrected chi connectivity index (χ0v) is 16.1. The van der Waals surface area contributed by atoms with Gasteiger partial charge in [0, 0.05) is 34.3 Å². The third-order valence-corrected chi connectivity index (χ3v) is 5.05. The fourth-order valence-electron chi connectivity index (χ4n) is 3.24. The second-order valence-corrected chi connectivity index (χ2v) is 7.30. The SMILES string of the molecule is CCCN1C(=O)C(O)(CC(=O)c2ccc([N+](=O)[O-])cc2)c2cc(Br)ccc21. The standard InChI is InChI=1S/C19H17BrN2O5/c1-2-9-21-16-8-5-13(20)10-15(16)19(25,18(21)24)11-17(23)12-3-6-14(7-4-12)22(26)27/h3-8,10,25H,2,9,11H2,1H3. The summed E-state index contributed by atoms with van der Waals surface area (Å²) in [5.41, 5.74) is -0.930. The minimum Gasteiger partial charge on any atom is -0.375 e. The van der Waals surface area contributed by atoms with Crippen LogP contribution in [0.2, 0.25) is 0 Å². The van der Waals surface area contributed by atoms with Gasteiger partial charge in [-0.1, -0.05) is 22.9 Å². The number of non-ortho nitro benzene ring substituents is 1. The summed E-state index contributed by atoms with van der Waals surface area (Å²) in [6, 6.07) is 10.3. The smallest absolute Gasteiger partial charge is 0.269 e. The summed E-state index contributed by atoms with van der Waals surface area (Å²) in [4.78, 5) is 37.3. The van der Waals surface area contributed by atoms with Crippen LogP contribution in [0.15, 0.2) is 46.9 Å². The Bertz CT molecular complexity index is 928. The van der Waals surface area contributed by atoms with Gasteiger partial charge in [-0.05, 0) is 36.8 Å². The quantitative estimate of drug-likeness (QED) is 0.427. The molecule has 3 rings (SSSR count). The molecule has 0 fully saturated rings. The van der Waals surface area contributed by atoms with Gasteiger partial charge in [0.2, 0.25) is 0 Å². The second-order valence-electron chi connectivity index (χ2n) is 6.38. The van der Waals surface area contributed by atoms with E-state index in [0.29, 0.717) is 28.7 Å². The fraction of sp³-hybridized carbons (Fsp3) is 0.263. The molecule has 8 heteroatoms. The Morgan fingerprint density at radius 3 is 2.52 bits per heavy atom. The molecule has 2 aromatic carbocycles. The van der Waals surface area contributed by atoms with Crippen molar-refractivity contribution in [3.05, 3.63) is 68.2 Å². The first kappa shape index (κ1) is 19.2. The summed E-state index contributed by atoms with van der Waals surface area (Å²) in [7, 11) is 0. The molecule has 2 aromatic rings. The summed E-state index contributed by atoms with van der Waals surface area (Å²) in [6.07, 6.45) is 0.265. The lowest BCUT2D eigenvalue weighted by Gasteiger charge is -2.22. The van der Waals surface area contributed by atoms with E-state index in [0.717, 1.165) is 0 Å². The van der Waals surface area contributed by atoms with Crippen molar-refractivity contribution in [2.24, 2.45) is 0 Å². The number of benzene rings is 2. The van der Waals surface area contributed by atoms with Crippen LogP contribution in [0, 0.1) is 10.1 Å². The fourth-order valence-corrected chi connectivity index (χ4v) is 3.60. The van der Waals surface area contributed by atoms with Gasteiger partial charge in [-0.15, -0.1) is 0 Å². The van der Waals surface area contributed by atoms with Gasteiger partial charge < -0.3 is 10.0 Å². The molecule has 1 aliphatic rings. The monoisotopic (exact) mass is 432 g/mol. The second kappa shape index (κ2) is 7.21. The molecule has 0 bridgehead atoms. The Hall–Kier alpha value is -2.58. The molecule has 7 nitrogen and oxygen atoms in total. The molecule has 0 saturated carbocycles. The summed E-state index contributed by atoms with van der Waals surface area (Å²) in [6.45, 7) is 2.35. The molecule has 1 N–H and O–H groups in total.